The number of benzene rings is 1. The van der Waals surface area contributed by atoms with Gasteiger partial charge < -0.3 is 19.7 Å². The van der Waals surface area contributed by atoms with E-state index in [2.05, 4.69) is 13.8 Å². The molecule has 0 aromatic heterocycles. The van der Waals surface area contributed by atoms with Crippen molar-refractivity contribution in [1.29, 1.82) is 0 Å². The molecule has 5 nitrogen and oxygen atoms in total. The molecule has 5 heteroatoms. The van der Waals surface area contributed by atoms with Crippen molar-refractivity contribution in [3.63, 3.8) is 0 Å². The van der Waals surface area contributed by atoms with Crippen LogP contribution in [0, 0.1) is 0 Å². The molecule has 2 N–H and O–H groups in total. The highest BCUT2D eigenvalue weighted by Crippen LogP contribution is 2.40. The van der Waals surface area contributed by atoms with Gasteiger partial charge in [-0.2, -0.15) is 0 Å². The second-order valence-corrected chi connectivity index (χ2v) is 9.17. The van der Waals surface area contributed by atoms with Crippen LogP contribution in [0.5, 0.6) is 17.2 Å². The Labute approximate surface area is 201 Å². The first kappa shape index (κ1) is 29.1. The summed E-state index contributed by atoms with van der Waals surface area (Å²) in [6.07, 6.45) is 20.4. The average molecular weight is 465 g/mol. The second-order valence-electron chi connectivity index (χ2n) is 9.17. The van der Waals surface area contributed by atoms with E-state index in [1.807, 2.05) is 6.07 Å². The summed E-state index contributed by atoms with van der Waals surface area (Å²) in [6.45, 7) is 4.98. The molecule has 0 aliphatic heterocycles. The van der Waals surface area contributed by atoms with Gasteiger partial charge in [-0.05, 0) is 30.9 Å². The van der Waals surface area contributed by atoms with E-state index in [0.717, 1.165) is 37.7 Å². The summed E-state index contributed by atoms with van der Waals surface area (Å²) >= 11 is 0. The van der Waals surface area contributed by atoms with Crippen molar-refractivity contribution in [2.45, 2.75) is 129 Å². The molecule has 1 aromatic rings. The number of hydrogen-bond acceptors (Lipinski definition) is 4. The molecule has 0 bridgehead atoms. The minimum absolute atomic E-state index is 0.0665. The van der Waals surface area contributed by atoms with Gasteiger partial charge in [0.05, 0.1) is 6.61 Å². The fraction of sp³-hybridized carbons (Fsp3) is 0.750. The Balaban J connectivity index is 2.39. The summed E-state index contributed by atoms with van der Waals surface area (Å²) < 4.78 is 10.7. The second kappa shape index (κ2) is 19.5. The lowest BCUT2D eigenvalue weighted by atomic mass is 10.0. The molecule has 0 heterocycles. The number of rotatable bonds is 21. The van der Waals surface area contributed by atoms with Crippen LogP contribution in [0.3, 0.4) is 0 Å². The van der Waals surface area contributed by atoms with Crippen LogP contribution in [0.25, 0.3) is 0 Å². The number of carboxylic acid groups (broad SMARTS) is 1. The predicted octanol–water partition coefficient (Wildman–Crippen LogP) is 9.04. The lowest BCUT2D eigenvalue weighted by molar-refractivity contribution is 0.142. The smallest absolute Gasteiger partial charge is 0.502 e. The van der Waals surface area contributed by atoms with Crippen LogP contribution in [0.4, 0.5) is 4.79 Å². The number of hydrogen-bond donors (Lipinski definition) is 2. The summed E-state index contributed by atoms with van der Waals surface area (Å²) in [7, 11) is 0. The molecule has 190 valence electrons. The minimum Gasteiger partial charge on any atom is -0.502 e. The van der Waals surface area contributed by atoms with Gasteiger partial charge in [0.15, 0.2) is 11.5 Å². The first-order valence-electron chi connectivity index (χ1n) is 13.5. The van der Waals surface area contributed by atoms with E-state index in [1.165, 1.54) is 89.5 Å². The third kappa shape index (κ3) is 14.1. The van der Waals surface area contributed by atoms with Crippen LogP contribution >= 0.6 is 0 Å². The summed E-state index contributed by atoms with van der Waals surface area (Å²) in [6, 6.07) is 3.34. The maximum Gasteiger partial charge on any atom is 0.511 e. The number of phenols is 1. The zero-order valence-electron chi connectivity index (χ0n) is 21.2. The van der Waals surface area contributed by atoms with Gasteiger partial charge in [-0.15, -0.1) is 0 Å². The van der Waals surface area contributed by atoms with E-state index in [9.17, 15) is 9.90 Å². The van der Waals surface area contributed by atoms with E-state index in [4.69, 9.17) is 14.6 Å². The molecular weight excluding hydrogens is 416 g/mol. The van der Waals surface area contributed by atoms with Crippen molar-refractivity contribution in [2.24, 2.45) is 0 Å². The molecule has 0 unspecified atom stereocenters. The van der Waals surface area contributed by atoms with Crippen molar-refractivity contribution in [1.82, 2.24) is 0 Å². The molecule has 33 heavy (non-hydrogen) atoms. The Morgan fingerprint density at radius 2 is 1.21 bits per heavy atom. The van der Waals surface area contributed by atoms with Crippen molar-refractivity contribution in [3.8, 4) is 17.2 Å². The predicted molar refractivity (Wildman–Crippen MR) is 136 cm³/mol. The summed E-state index contributed by atoms with van der Waals surface area (Å²) in [5, 5.41) is 19.5. The Morgan fingerprint density at radius 1 is 0.727 bits per heavy atom. The van der Waals surface area contributed by atoms with Crippen LogP contribution in [0.2, 0.25) is 0 Å². The molecule has 0 saturated carbocycles. The van der Waals surface area contributed by atoms with Crippen molar-refractivity contribution in [2.75, 3.05) is 6.61 Å². The molecule has 0 aliphatic carbocycles. The van der Waals surface area contributed by atoms with Crippen LogP contribution in [-0.2, 0) is 6.42 Å². The van der Waals surface area contributed by atoms with Crippen LogP contribution in [0.1, 0.15) is 129 Å². The maximum atomic E-state index is 10.9. The Morgan fingerprint density at radius 3 is 1.73 bits per heavy atom. The van der Waals surface area contributed by atoms with Crippen LogP contribution < -0.4 is 9.47 Å². The number of carbonyl (C=O) groups is 1. The molecule has 0 aliphatic rings. The molecule has 0 saturated heterocycles. The maximum absolute atomic E-state index is 10.9. The third-order valence-electron chi connectivity index (χ3n) is 6.17. The number of unbranched alkanes of at least 4 members (excludes halogenated alkanes) is 15. The van der Waals surface area contributed by atoms with E-state index >= 15 is 0 Å². The van der Waals surface area contributed by atoms with Gasteiger partial charge in [-0.1, -0.05) is 116 Å². The molecule has 0 radical (unpaired) electrons. The van der Waals surface area contributed by atoms with Crippen molar-refractivity contribution < 1.29 is 24.5 Å². The van der Waals surface area contributed by atoms with Crippen LogP contribution in [-0.4, -0.2) is 23.0 Å². The van der Waals surface area contributed by atoms with Crippen molar-refractivity contribution in [3.05, 3.63) is 17.7 Å². The fourth-order valence-corrected chi connectivity index (χ4v) is 4.17. The fourth-order valence-electron chi connectivity index (χ4n) is 4.17. The van der Waals surface area contributed by atoms with Gasteiger partial charge in [0.1, 0.15) is 0 Å². The highest BCUT2D eigenvalue weighted by Gasteiger charge is 2.17. The zero-order valence-corrected chi connectivity index (χ0v) is 21.2. The zero-order chi connectivity index (χ0) is 24.2. The van der Waals surface area contributed by atoms with Gasteiger partial charge in [0.25, 0.3) is 0 Å². The normalized spacial score (nSPS) is 11.0. The summed E-state index contributed by atoms with van der Waals surface area (Å²) in [5.41, 5.74) is 0.920. The monoisotopic (exact) mass is 464 g/mol. The quantitative estimate of drug-likeness (QED) is 0.108. The molecule has 0 atom stereocenters. The van der Waals surface area contributed by atoms with Gasteiger partial charge in [0, 0.05) is 0 Å². The largest absolute Gasteiger partial charge is 0.511 e. The topological polar surface area (TPSA) is 76.0 Å². The standard InChI is InChI=1S/C28H48O5/c1-3-5-7-9-11-12-13-14-15-17-19-23-32-27-24(20-18-16-10-8-6-4-2)21-22-25(26(27)29)33-28(30)31/h21-22,29H,3-20,23H2,1-2H3,(H,30,31). The lowest BCUT2D eigenvalue weighted by Crippen LogP contribution is -2.06. The van der Waals surface area contributed by atoms with Crippen LogP contribution in [0.15, 0.2) is 12.1 Å². The molecular formula is C28H48O5. The molecule has 1 rings (SSSR count). The molecule has 0 amide bonds. The first-order valence-corrected chi connectivity index (χ1v) is 13.5. The summed E-state index contributed by atoms with van der Waals surface area (Å²) in [5.74, 6) is 0.112. The summed E-state index contributed by atoms with van der Waals surface area (Å²) in [4.78, 5) is 10.9. The van der Waals surface area contributed by atoms with Crippen molar-refractivity contribution >= 4 is 6.16 Å². The minimum atomic E-state index is -1.44. The van der Waals surface area contributed by atoms with Gasteiger partial charge in [-0.25, -0.2) is 4.79 Å². The Bertz CT molecular complexity index is 629. The molecule has 0 spiro atoms. The van der Waals surface area contributed by atoms with E-state index < -0.39 is 6.16 Å². The van der Waals surface area contributed by atoms with Gasteiger partial charge in [0.2, 0.25) is 5.75 Å². The van der Waals surface area contributed by atoms with E-state index in [-0.39, 0.29) is 11.5 Å². The Kier molecular flexibility index (Phi) is 17.3. The average Bonchev–Trinajstić information content (AvgIpc) is 2.79. The first-order chi connectivity index (χ1) is 16.1. The van der Waals surface area contributed by atoms with E-state index in [0.29, 0.717) is 12.4 Å². The number of aryl methyl sites for hydroxylation is 1. The number of phenolic OH excluding ortho intramolecular Hbond substituents is 1. The molecule has 1 aromatic carbocycles. The number of aromatic hydroxyl groups is 1. The lowest BCUT2D eigenvalue weighted by Gasteiger charge is -2.15. The third-order valence-corrected chi connectivity index (χ3v) is 6.17. The van der Waals surface area contributed by atoms with Gasteiger partial charge >= 0.3 is 6.16 Å². The van der Waals surface area contributed by atoms with Gasteiger partial charge in [-0.3, -0.25) is 0 Å². The van der Waals surface area contributed by atoms with E-state index in [1.54, 1.807) is 0 Å². The SMILES string of the molecule is CCCCCCCCCCCCCOc1c(CCCCCCCC)ccc(OC(=O)O)c1O. The molecule has 0 fully saturated rings. The number of ether oxygens (including phenoxy) is 2. The highest BCUT2D eigenvalue weighted by molar-refractivity contribution is 5.65. The Hall–Kier alpha value is -1.91. The highest BCUT2D eigenvalue weighted by atomic mass is 16.7.